The van der Waals surface area contributed by atoms with Gasteiger partial charge in [-0.05, 0) is 18.4 Å². The number of aryl methyl sites for hydroxylation is 2. The molecule has 0 aliphatic carbocycles. The minimum Gasteiger partial charge on any atom is -0.387 e. The molecule has 1 atom stereocenters. The highest BCUT2D eigenvalue weighted by Gasteiger charge is 2.09. The number of aliphatic hydroxyl groups is 1. The number of rotatable bonds is 4. The molecule has 0 saturated heterocycles. The second-order valence-electron chi connectivity index (χ2n) is 3.49. The molecule has 0 aliphatic rings. The van der Waals surface area contributed by atoms with Crippen LogP contribution in [0.15, 0.2) is 23.3 Å². The van der Waals surface area contributed by atoms with Crippen LogP contribution in [0.25, 0.3) is 0 Å². The first-order valence-electron chi connectivity index (χ1n) is 4.79. The van der Waals surface area contributed by atoms with Crippen LogP contribution in [-0.4, -0.2) is 19.9 Å². The molecule has 1 unspecified atom stereocenters. The highest BCUT2D eigenvalue weighted by atomic mass is 32.1. The largest absolute Gasteiger partial charge is 0.387 e. The van der Waals surface area contributed by atoms with E-state index >= 15 is 0 Å². The van der Waals surface area contributed by atoms with Gasteiger partial charge in [-0.25, -0.2) is 4.98 Å². The van der Waals surface area contributed by atoms with E-state index < -0.39 is 6.10 Å². The summed E-state index contributed by atoms with van der Waals surface area (Å²) in [6.45, 7) is 0. The zero-order valence-electron chi connectivity index (χ0n) is 8.50. The minimum absolute atomic E-state index is 0.462. The van der Waals surface area contributed by atoms with Crippen molar-refractivity contribution >= 4 is 11.3 Å². The first-order valence-corrected chi connectivity index (χ1v) is 5.73. The van der Waals surface area contributed by atoms with Crippen molar-refractivity contribution in [2.24, 2.45) is 7.05 Å². The monoisotopic (exact) mass is 223 g/mol. The van der Waals surface area contributed by atoms with E-state index in [0.717, 1.165) is 17.7 Å². The predicted molar refractivity (Wildman–Crippen MR) is 58.6 cm³/mol. The fraction of sp³-hybridized carbons (Fsp3) is 0.400. The molecule has 1 N–H and O–H groups in total. The van der Waals surface area contributed by atoms with Crippen molar-refractivity contribution < 1.29 is 5.11 Å². The highest BCUT2D eigenvalue weighted by molar-refractivity contribution is 7.07. The molecule has 80 valence electrons. The average molecular weight is 223 g/mol. The van der Waals surface area contributed by atoms with E-state index in [2.05, 4.69) is 10.1 Å². The molecule has 0 amide bonds. The number of thiazole rings is 1. The van der Waals surface area contributed by atoms with E-state index in [0.29, 0.717) is 6.42 Å². The van der Waals surface area contributed by atoms with Gasteiger partial charge in [-0.15, -0.1) is 11.3 Å². The summed E-state index contributed by atoms with van der Waals surface area (Å²) in [4.78, 5) is 4.08. The normalized spacial score (nSPS) is 12.9. The molecule has 2 aromatic heterocycles. The third-order valence-corrected chi connectivity index (χ3v) is 2.86. The molecule has 0 saturated carbocycles. The summed E-state index contributed by atoms with van der Waals surface area (Å²) >= 11 is 1.51. The van der Waals surface area contributed by atoms with Crippen LogP contribution in [0.4, 0.5) is 0 Å². The van der Waals surface area contributed by atoms with E-state index in [1.54, 1.807) is 10.2 Å². The van der Waals surface area contributed by atoms with Crippen molar-refractivity contribution in [1.82, 2.24) is 14.8 Å². The van der Waals surface area contributed by atoms with Crippen LogP contribution in [0.5, 0.6) is 0 Å². The Labute approximate surface area is 92.2 Å². The molecule has 0 aliphatic heterocycles. The Morgan fingerprint density at radius 1 is 1.60 bits per heavy atom. The lowest BCUT2D eigenvalue weighted by Gasteiger charge is -2.05. The molecule has 0 fully saturated rings. The average Bonchev–Trinajstić information content (AvgIpc) is 2.84. The molecule has 0 spiro atoms. The van der Waals surface area contributed by atoms with Crippen LogP contribution in [-0.2, 0) is 13.5 Å². The minimum atomic E-state index is -0.462. The Hall–Kier alpha value is -1.20. The SMILES string of the molecule is Cn1cc(CCC(O)c2cscn2)cn1. The summed E-state index contributed by atoms with van der Waals surface area (Å²) in [6.07, 6.45) is 4.85. The second kappa shape index (κ2) is 4.55. The van der Waals surface area contributed by atoms with Gasteiger partial charge in [-0.3, -0.25) is 4.68 Å². The summed E-state index contributed by atoms with van der Waals surface area (Å²) in [5.74, 6) is 0. The number of nitrogens with zero attached hydrogens (tertiary/aromatic N) is 3. The summed E-state index contributed by atoms with van der Waals surface area (Å²) < 4.78 is 1.77. The molecule has 0 aromatic carbocycles. The van der Waals surface area contributed by atoms with E-state index in [1.165, 1.54) is 11.3 Å². The highest BCUT2D eigenvalue weighted by Crippen LogP contribution is 2.18. The third kappa shape index (κ3) is 2.64. The molecule has 2 rings (SSSR count). The van der Waals surface area contributed by atoms with Crippen molar-refractivity contribution in [1.29, 1.82) is 0 Å². The molecular weight excluding hydrogens is 210 g/mol. The topological polar surface area (TPSA) is 50.9 Å². The van der Waals surface area contributed by atoms with Gasteiger partial charge in [-0.1, -0.05) is 0 Å². The maximum absolute atomic E-state index is 9.79. The lowest BCUT2D eigenvalue weighted by molar-refractivity contribution is 0.164. The van der Waals surface area contributed by atoms with Crippen LogP contribution in [0.3, 0.4) is 0 Å². The first-order chi connectivity index (χ1) is 7.25. The van der Waals surface area contributed by atoms with Crippen LogP contribution in [0.1, 0.15) is 23.8 Å². The maximum Gasteiger partial charge on any atom is 0.0971 e. The molecule has 4 nitrogen and oxygen atoms in total. The van der Waals surface area contributed by atoms with E-state index in [9.17, 15) is 5.11 Å². The van der Waals surface area contributed by atoms with Crippen molar-refractivity contribution in [2.75, 3.05) is 0 Å². The summed E-state index contributed by atoms with van der Waals surface area (Å²) in [7, 11) is 1.89. The van der Waals surface area contributed by atoms with Crippen LogP contribution < -0.4 is 0 Å². The third-order valence-electron chi connectivity index (χ3n) is 2.26. The van der Waals surface area contributed by atoms with E-state index in [1.807, 2.05) is 24.8 Å². The van der Waals surface area contributed by atoms with E-state index in [4.69, 9.17) is 0 Å². The Balaban J connectivity index is 1.88. The van der Waals surface area contributed by atoms with Gasteiger partial charge in [0.25, 0.3) is 0 Å². The van der Waals surface area contributed by atoms with E-state index in [-0.39, 0.29) is 0 Å². The summed E-state index contributed by atoms with van der Waals surface area (Å²) in [6, 6.07) is 0. The second-order valence-corrected chi connectivity index (χ2v) is 4.21. The maximum atomic E-state index is 9.79. The van der Waals surface area contributed by atoms with Crippen molar-refractivity contribution in [2.45, 2.75) is 18.9 Å². The standard InChI is InChI=1S/C10H13N3OS/c1-13-5-8(4-12-13)2-3-10(14)9-6-15-7-11-9/h4-7,10,14H,2-3H2,1H3. The van der Waals surface area contributed by atoms with Gasteiger partial charge in [-0.2, -0.15) is 5.10 Å². The lowest BCUT2D eigenvalue weighted by Crippen LogP contribution is -1.99. The first kappa shape index (κ1) is 10.3. The van der Waals surface area contributed by atoms with Crippen LogP contribution in [0.2, 0.25) is 0 Å². The van der Waals surface area contributed by atoms with Gasteiger partial charge in [0, 0.05) is 18.6 Å². The zero-order chi connectivity index (χ0) is 10.7. The Bertz CT molecular complexity index is 410. The van der Waals surface area contributed by atoms with Crippen molar-refractivity contribution in [3.63, 3.8) is 0 Å². The Morgan fingerprint density at radius 3 is 3.07 bits per heavy atom. The summed E-state index contributed by atoms with van der Waals surface area (Å²) in [5, 5.41) is 15.8. The number of hydrogen-bond donors (Lipinski definition) is 1. The molecule has 0 bridgehead atoms. The van der Waals surface area contributed by atoms with Gasteiger partial charge in [0.2, 0.25) is 0 Å². The molecule has 5 heteroatoms. The molecule has 15 heavy (non-hydrogen) atoms. The molecule has 2 aromatic rings. The van der Waals surface area contributed by atoms with Crippen LogP contribution in [0, 0.1) is 0 Å². The van der Waals surface area contributed by atoms with Gasteiger partial charge in [0.05, 0.1) is 23.5 Å². The Kier molecular flexibility index (Phi) is 3.13. The lowest BCUT2D eigenvalue weighted by atomic mass is 10.1. The number of aliphatic hydroxyl groups excluding tert-OH is 1. The number of hydrogen-bond acceptors (Lipinski definition) is 4. The molecular formula is C10H13N3OS. The van der Waals surface area contributed by atoms with Gasteiger partial charge >= 0.3 is 0 Å². The predicted octanol–water partition coefficient (Wildman–Crippen LogP) is 1.54. The van der Waals surface area contributed by atoms with Gasteiger partial charge in [0.1, 0.15) is 0 Å². The zero-order valence-corrected chi connectivity index (χ0v) is 9.31. The fourth-order valence-electron chi connectivity index (χ4n) is 1.44. The number of aromatic nitrogens is 3. The van der Waals surface area contributed by atoms with Gasteiger partial charge < -0.3 is 5.11 Å². The van der Waals surface area contributed by atoms with Crippen molar-refractivity contribution in [3.05, 3.63) is 34.5 Å². The van der Waals surface area contributed by atoms with Crippen molar-refractivity contribution in [3.8, 4) is 0 Å². The molecule has 2 heterocycles. The van der Waals surface area contributed by atoms with Gasteiger partial charge in [0.15, 0.2) is 0 Å². The summed E-state index contributed by atoms with van der Waals surface area (Å²) in [5.41, 5.74) is 3.65. The quantitative estimate of drug-likeness (QED) is 0.855. The Morgan fingerprint density at radius 2 is 2.47 bits per heavy atom. The fourth-order valence-corrected chi connectivity index (χ4v) is 2.04. The van der Waals surface area contributed by atoms with Crippen LogP contribution >= 0.6 is 11.3 Å². The molecule has 0 radical (unpaired) electrons. The smallest absolute Gasteiger partial charge is 0.0971 e.